The first-order chi connectivity index (χ1) is 13.0. The lowest BCUT2D eigenvalue weighted by atomic mass is 10.1. The topological polar surface area (TPSA) is 73.9 Å². The molecule has 0 heterocycles. The first-order valence-corrected chi connectivity index (χ1v) is 8.80. The Labute approximate surface area is 159 Å². The molecule has 0 radical (unpaired) electrons. The summed E-state index contributed by atoms with van der Waals surface area (Å²) in [5, 5.41) is 2.70. The fraction of sp³-hybridized carbons (Fsp3) is 0.333. The van der Waals surface area contributed by atoms with E-state index < -0.39 is 5.97 Å². The van der Waals surface area contributed by atoms with Crippen LogP contribution in [0.25, 0.3) is 0 Å². The van der Waals surface area contributed by atoms with Gasteiger partial charge in [-0.05, 0) is 48.2 Å². The van der Waals surface area contributed by atoms with Crippen molar-refractivity contribution in [2.75, 3.05) is 26.1 Å². The van der Waals surface area contributed by atoms with Crippen molar-refractivity contribution in [2.45, 2.75) is 26.2 Å². The van der Waals surface area contributed by atoms with Gasteiger partial charge in [-0.25, -0.2) is 0 Å². The Morgan fingerprint density at radius 2 is 1.56 bits per heavy atom. The third kappa shape index (κ3) is 6.66. The Bertz CT molecular complexity index is 748. The molecule has 0 saturated carbocycles. The van der Waals surface area contributed by atoms with Gasteiger partial charge in [0, 0.05) is 18.2 Å². The van der Waals surface area contributed by atoms with Crippen LogP contribution in [0.2, 0.25) is 0 Å². The zero-order valence-electron chi connectivity index (χ0n) is 15.9. The van der Waals surface area contributed by atoms with Gasteiger partial charge >= 0.3 is 5.97 Å². The predicted molar refractivity (Wildman–Crippen MR) is 103 cm³/mol. The van der Waals surface area contributed by atoms with E-state index in [1.54, 1.807) is 20.3 Å². The van der Waals surface area contributed by atoms with Crippen molar-refractivity contribution in [1.82, 2.24) is 0 Å². The maximum absolute atomic E-state index is 11.9. The highest BCUT2D eigenvalue weighted by molar-refractivity contribution is 5.92. The minimum atomic E-state index is -0.437. The average molecular weight is 371 g/mol. The number of methoxy groups -OCH3 is 2. The van der Waals surface area contributed by atoms with Gasteiger partial charge in [0.25, 0.3) is 5.91 Å². The van der Waals surface area contributed by atoms with E-state index in [0.717, 1.165) is 12.0 Å². The Kier molecular flexibility index (Phi) is 7.67. The molecule has 144 valence electrons. The number of aryl methyl sites for hydroxylation is 2. The smallest absolute Gasteiger partial charge is 0.306 e. The summed E-state index contributed by atoms with van der Waals surface area (Å²) in [4.78, 5) is 23.8. The highest BCUT2D eigenvalue weighted by Gasteiger charge is 2.10. The second kappa shape index (κ2) is 10.2. The Morgan fingerprint density at radius 1 is 0.926 bits per heavy atom. The number of hydrogen-bond donors (Lipinski definition) is 1. The summed E-state index contributed by atoms with van der Waals surface area (Å²) < 4.78 is 15.5. The molecule has 0 aromatic heterocycles. The standard InChI is InChI=1S/C21H25NO5/c1-4-15-5-8-17(9-6-15)22-20(23)14-27-21(24)10-7-16-11-18(25-2)13-19(12-16)26-3/h5-6,8-9,11-13H,4,7,10,14H2,1-3H3,(H,22,23). The highest BCUT2D eigenvalue weighted by Crippen LogP contribution is 2.23. The first-order valence-electron chi connectivity index (χ1n) is 8.80. The molecule has 1 amide bonds. The normalized spacial score (nSPS) is 10.2. The minimum absolute atomic E-state index is 0.162. The predicted octanol–water partition coefficient (Wildman–Crippen LogP) is 3.38. The van der Waals surface area contributed by atoms with E-state index in [-0.39, 0.29) is 18.9 Å². The second-order valence-corrected chi connectivity index (χ2v) is 5.98. The third-order valence-electron chi connectivity index (χ3n) is 4.04. The monoisotopic (exact) mass is 371 g/mol. The Morgan fingerprint density at radius 3 is 2.11 bits per heavy atom. The number of anilines is 1. The quantitative estimate of drug-likeness (QED) is 0.684. The lowest BCUT2D eigenvalue weighted by Gasteiger charge is -2.09. The highest BCUT2D eigenvalue weighted by atomic mass is 16.5. The molecule has 2 aromatic carbocycles. The van der Waals surface area contributed by atoms with E-state index in [0.29, 0.717) is 23.6 Å². The molecule has 6 heteroatoms. The number of esters is 1. The molecule has 0 atom stereocenters. The summed E-state index contributed by atoms with van der Waals surface area (Å²) in [5.74, 6) is 0.515. The van der Waals surface area contributed by atoms with Crippen LogP contribution < -0.4 is 14.8 Å². The van der Waals surface area contributed by atoms with Gasteiger partial charge < -0.3 is 19.5 Å². The van der Waals surface area contributed by atoms with Crippen LogP contribution in [0.5, 0.6) is 11.5 Å². The van der Waals surface area contributed by atoms with Crippen molar-refractivity contribution >= 4 is 17.6 Å². The Balaban J connectivity index is 1.77. The fourth-order valence-electron chi connectivity index (χ4n) is 2.50. The lowest BCUT2D eigenvalue weighted by Crippen LogP contribution is -2.21. The molecule has 0 bridgehead atoms. The van der Waals surface area contributed by atoms with Crippen LogP contribution in [-0.4, -0.2) is 32.7 Å². The van der Waals surface area contributed by atoms with Gasteiger partial charge in [0.15, 0.2) is 6.61 Å². The molecule has 0 aliphatic carbocycles. The summed E-state index contributed by atoms with van der Waals surface area (Å²) in [6, 6.07) is 13.0. The van der Waals surface area contributed by atoms with Crippen molar-refractivity contribution in [3.8, 4) is 11.5 Å². The van der Waals surface area contributed by atoms with E-state index in [1.165, 1.54) is 5.56 Å². The molecule has 0 aliphatic rings. The van der Waals surface area contributed by atoms with E-state index in [2.05, 4.69) is 12.2 Å². The molecule has 0 fully saturated rings. The van der Waals surface area contributed by atoms with Gasteiger partial charge in [-0.2, -0.15) is 0 Å². The van der Waals surface area contributed by atoms with Crippen molar-refractivity contribution in [3.05, 3.63) is 53.6 Å². The van der Waals surface area contributed by atoms with E-state index in [1.807, 2.05) is 36.4 Å². The minimum Gasteiger partial charge on any atom is -0.497 e. The van der Waals surface area contributed by atoms with E-state index in [9.17, 15) is 9.59 Å². The summed E-state index contributed by atoms with van der Waals surface area (Å²) in [6.07, 6.45) is 1.56. The molecular weight excluding hydrogens is 346 g/mol. The number of ether oxygens (including phenoxy) is 3. The Hall–Kier alpha value is -3.02. The number of benzene rings is 2. The van der Waals surface area contributed by atoms with Gasteiger partial charge in [-0.3, -0.25) is 9.59 Å². The summed E-state index contributed by atoms with van der Waals surface area (Å²) in [6.45, 7) is 1.75. The van der Waals surface area contributed by atoms with Gasteiger partial charge in [0.05, 0.1) is 14.2 Å². The van der Waals surface area contributed by atoms with Gasteiger partial charge in [-0.1, -0.05) is 19.1 Å². The zero-order valence-corrected chi connectivity index (χ0v) is 15.9. The maximum atomic E-state index is 11.9. The van der Waals surface area contributed by atoms with Crippen LogP contribution in [-0.2, 0) is 27.2 Å². The summed E-state index contributed by atoms with van der Waals surface area (Å²) >= 11 is 0. The van der Waals surface area contributed by atoms with E-state index >= 15 is 0 Å². The number of amides is 1. The molecule has 2 rings (SSSR count). The molecule has 0 spiro atoms. The average Bonchev–Trinajstić information content (AvgIpc) is 2.70. The number of carbonyl (C=O) groups is 2. The molecule has 0 aliphatic heterocycles. The molecule has 1 N–H and O–H groups in total. The number of nitrogens with one attached hydrogen (secondary N) is 1. The zero-order chi connectivity index (χ0) is 19.6. The SMILES string of the molecule is CCc1ccc(NC(=O)COC(=O)CCc2cc(OC)cc(OC)c2)cc1. The van der Waals surface area contributed by atoms with Gasteiger partial charge in [-0.15, -0.1) is 0 Å². The number of hydrogen-bond acceptors (Lipinski definition) is 5. The van der Waals surface area contributed by atoms with Crippen molar-refractivity contribution < 1.29 is 23.8 Å². The first kappa shape index (κ1) is 20.3. The van der Waals surface area contributed by atoms with Crippen molar-refractivity contribution in [1.29, 1.82) is 0 Å². The van der Waals surface area contributed by atoms with Crippen LogP contribution in [0.3, 0.4) is 0 Å². The van der Waals surface area contributed by atoms with E-state index in [4.69, 9.17) is 14.2 Å². The van der Waals surface area contributed by atoms with Crippen LogP contribution in [0, 0.1) is 0 Å². The lowest BCUT2D eigenvalue weighted by molar-refractivity contribution is -0.147. The summed E-state index contributed by atoms with van der Waals surface area (Å²) in [7, 11) is 3.14. The fourth-order valence-corrected chi connectivity index (χ4v) is 2.50. The number of rotatable bonds is 9. The molecule has 27 heavy (non-hydrogen) atoms. The molecule has 2 aromatic rings. The van der Waals surface area contributed by atoms with Crippen LogP contribution in [0.4, 0.5) is 5.69 Å². The maximum Gasteiger partial charge on any atom is 0.306 e. The third-order valence-corrected chi connectivity index (χ3v) is 4.04. The van der Waals surface area contributed by atoms with Crippen LogP contribution in [0.1, 0.15) is 24.5 Å². The van der Waals surface area contributed by atoms with Gasteiger partial charge in [0.2, 0.25) is 0 Å². The molecule has 6 nitrogen and oxygen atoms in total. The molecular formula is C21H25NO5. The van der Waals surface area contributed by atoms with Crippen molar-refractivity contribution in [3.63, 3.8) is 0 Å². The molecule has 0 saturated heterocycles. The second-order valence-electron chi connectivity index (χ2n) is 5.98. The summed E-state index contributed by atoms with van der Waals surface area (Å²) in [5.41, 5.74) is 2.76. The molecule has 0 unspecified atom stereocenters. The largest absolute Gasteiger partial charge is 0.497 e. The van der Waals surface area contributed by atoms with Crippen LogP contribution in [0.15, 0.2) is 42.5 Å². The van der Waals surface area contributed by atoms with Crippen LogP contribution >= 0.6 is 0 Å². The number of carbonyl (C=O) groups excluding carboxylic acids is 2. The van der Waals surface area contributed by atoms with Crippen molar-refractivity contribution in [2.24, 2.45) is 0 Å². The van der Waals surface area contributed by atoms with Gasteiger partial charge in [0.1, 0.15) is 11.5 Å².